The molecular weight excluding hydrogens is 226 g/mol. The molecule has 1 aromatic carbocycles. The van der Waals surface area contributed by atoms with E-state index in [1.165, 1.54) is 11.4 Å². The Hall–Kier alpha value is -2.03. The van der Waals surface area contributed by atoms with Gasteiger partial charge >= 0.3 is 5.97 Å². The highest BCUT2D eigenvalue weighted by atomic mass is 16.4. The molecule has 0 radical (unpaired) electrons. The van der Waals surface area contributed by atoms with Crippen molar-refractivity contribution in [2.75, 3.05) is 0 Å². The fourth-order valence-electron chi connectivity index (χ4n) is 2.23. The molecule has 2 rings (SSSR count). The van der Waals surface area contributed by atoms with E-state index in [0.29, 0.717) is 5.56 Å². The van der Waals surface area contributed by atoms with Crippen molar-refractivity contribution in [2.45, 2.75) is 26.8 Å². The number of nitrogens with zero attached hydrogens (tertiary/aromatic N) is 1. The minimum atomic E-state index is -0.855. The molecule has 18 heavy (non-hydrogen) atoms. The van der Waals surface area contributed by atoms with Crippen molar-refractivity contribution >= 4 is 5.97 Å². The molecule has 0 unspecified atom stereocenters. The number of benzene rings is 1. The van der Waals surface area contributed by atoms with Gasteiger partial charge < -0.3 is 9.67 Å². The summed E-state index contributed by atoms with van der Waals surface area (Å²) in [5.41, 5.74) is 3.71. The first-order valence-electron chi connectivity index (χ1n) is 6.03. The van der Waals surface area contributed by atoms with E-state index in [2.05, 4.69) is 30.5 Å². The maximum Gasteiger partial charge on any atom is 0.335 e. The number of rotatable bonds is 4. The molecule has 0 aliphatic rings. The molecule has 2 aromatic rings. The number of aromatic carboxylic acids is 1. The SMILES string of the molecule is Cc1ccc(C)n1CCc1ccccc1C(=O)O. The van der Waals surface area contributed by atoms with Gasteiger partial charge in [-0.3, -0.25) is 0 Å². The van der Waals surface area contributed by atoms with Crippen molar-refractivity contribution in [1.29, 1.82) is 0 Å². The molecule has 1 heterocycles. The highest BCUT2D eigenvalue weighted by Gasteiger charge is 2.09. The summed E-state index contributed by atoms with van der Waals surface area (Å²) in [4.78, 5) is 11.1. The molecule has 0 saturated carbocycles. The minimum absolute atomic E-state index is 0.403. The lowest BCUT2D eigenvalue weighted by atomic mass is 10.0. The van der Waals surface area contributed by atoms with Crippen LogP contribution in [0.3, 0.4) is 0 Å². The highest BCUT2D eigenvalue weighted by Crippen LogP contribution is 2.13. The van der Waals surface area contributed by atoms with Gasteiger partial charge in [0.1, 0.15) is 0 Å². The van der Waals surface area contributed by atoms with Gasteiger partial charge in [0.2, 0.25) is 0 Å². The molecule has 0 saturated heterocycles. The monoisotopic (exact) mass is 243 g/mol. The van der Waals surface area contributed by atoms with E-state index in [-0.39, 0.29) is 0 Å². The summed E-state index contributed by atoms with van der Waals surface area (Å²) in [6.07, 6.45) is 0.735. The number of carboxylic acids is 1. The van der Waals surface area contributed by atoms with Gasteiger partial charge in [-0.2, -0.15) is 0 Å². The Morgan fingerprint density at radius 1 is 1.11 bits per heavy atom. The zero-order chi connectivity index (χ0) is 13.1. The largest absolute Gasteiger partial charge is 0.478 e. The van der Waals surface area contributed by atoms with Crippen molar-refractivity contribution in [3.05, 3.63) is 58.9 Å². The predicted molar refractivity (Wildman–Crippen MR) is 71.0 cm³/mol. The smallest absolute Gasteiger partial charge is 0.335 e. The minimum Gasteiger partial charge on any atom is -0.478 e. The van der Waals surface area contributed by atoms with Crippen LogP contribution in [-0.2, 0) is 13.0 Å². The van der Waals surface area contributed by atoms with E-state index in [0.717, 1.165) is 18.5 Å². The molecule has 3 heteroatoms. The number of aryl methyl sites for hydroxylation is 3. The van der Waals surface area contributed by atoms with Gasteiger partial charge in [-0.15, -0.1) is 0 Å². The van der Waals surface area contributed by atoms with E-state index < -0.39 is 5.97 Å². The van der Waals surface area contributed by atoms with Crippen molar-refractivity contribution in [3.8, 4) is 0 Å². The summed E-state index contributed by atoms with van der Waals surface area (Å²) >= 11 is 0. The van der Waals surface area contributed by atoms with Crippen LogP contribution in [0, 0.1) is 13.8 Å². The first kappa shape index (κ1) is 12.4. The average Bonchev–Trinajstić information content (AvgIpc) is 2.67. The van der Waals surface area contributed by atoms with Gasteiger partial charge in [0, 0.05) is 17.9 Å². The third kappa shape index (κ3) is 2.45. The van der Waals surface area contributed by atoms with E-state index in [1.54, 1.807) is 12.1 Å². The van der Waals surface area contributed by atoms with Gasteiger partial charge in [0.25, 0.3) is 0 Å². The zero-order valence-corrected chi connectivity index (χ0v) is 10.7. The fourth-order valence-corrected chi connectivity index (χ4v) is 2.23. The topological polar surface area (TPSA) is 42.2 Å². The first-order valence-corrected chi connectivity index (χ1v) is 6.03. The Morgan fingerprint density at radius 3 is 2.33 bits per heavy atom. The van der Waals surface area contributed by atoms with Gasteiger partial charge in [-0.25, -0.2) is 4.79 Å². The van der Waals surface area contributed by atoms with Crippen LogP contribution in [0.2, 0.25) is 0 Å². The number of hydrogen-bond acceptors (Lipinski definition) is 1. The summed E-state index contributed by atoms with van der Waals surface area (Å²) in [5, 5.41) is 9.13. The predicted octanol–water partition coefficient (Wildman–Crippen LogP) is 3.05. The van der Waals surface area contributed by atoms with Gasteiger partial charge in [-0.05, 0) is 44.0 Å². The van der Waals surface area contributed by atoms with Crippen molar-refractivity contribution < 1.29 is 9.90 Å². The second-order valence-corrected chi connectivity index (χ2v) is 4.48. The third-order valence-electron chi connectivity index (χ3n) is 3.27. The number of aromatic nitrogens is 1. The first-order chi connectivity index (χ1) is 8.59. The quantitative estimate of drug-likeness (QED) is 0.896. The Morgan fingerprint density at radius 2 is 1.72 bits per heavy atom. The third-order valence-corrected chi connectivity index (χ3v) is 3.27. The van der Waals surface area contributed by atoms with Crippen LogP contribution in [0.25, 0.3) is 0 Å². The lowest BCUT2D eigenvalue weighted by Crippen LogP contribution is -2.08. The van der Waals surface area contributed by atoms with Crippen LogP contribution in [0.15, 0.2) is 36.4 Å². The maximum atomic E-state index is 11.1. The summed E-state index contributed by atoms with van der Waals surface area (Å²) in [7, 11) is 0. The molecule has 0 amide bonds. The van der Waals surface area contributed by atoms with E-state index in [9.17, 15) is 4.79 Å². The van der Waals surface area contributed by atoms with E-state index >= 15 is 0 Å². The number of carboxylic acid groups (broad SMARTS) is 1. The standard InChI is InChI=1S/C15H17NO2/c1-11-7-8-12(2)16(11)10-9-13-5-3-4-6-14(13)15(17)18/h3-8H,9-10H2,1-2H3,(H,17,18). The molecule has 0 spiro atoms. The van der Waals surface area contributed by atoms with Gasteiger partial charge in [0.05, 0.1) is 5.56 Å². The van der Waals surface area contributed by atoms with Crippen LogP contribution in [0.4, 0.5) is 0 Å². The van der Waals surface area contributed by atoms with Crippen molar-refractivity contribution in [2.24, 2.45) is 0 Å². The molecule has 0 aliphatic carbocycles. The average molecular weight is 243 g/mol. The molecular formula is C15H17NO2. The Kier molecular flexibility index (Phi) is 3.51. The highest BCUT2D eigenvalue weighted by molar-refractivity contribution is 5.89. The molecule has 0 aliphatic heterocycles. The summed E-state index contributed by atoms with van der Waals surface area (Å²) in [5.74, 6) is -0.855. The molecule has 1 aromatic heterocycles. The second kappa shape index (κ2) is 5.08. The summed E-state index contributed by atoms with van der Waals surface area (Å²) in [6, 6.07) is 11.4. The van der Waals surface area contributed by atoms with Crippen LogP contribution in [0.5, 0.6) is 0 Å². The van der Waals surface area contributed by atoms with Gasteiger partial charge in [0.15, 0.2) is 0 Å². The molecule has 1 N–H and O–H groups in total. The summed E-state index contributed by atoms with van der Waals surface area (Å²) < 4.78 is 2.21. The van der Waals surface area contributed by atoms with Gasteiger partial charge in [-0.1, -0.05) is 18.2 Å². The van der Waals surface area contributed by atoms with Crippen molar-refractivity contribution in [1.82, 2.24) is 4.57 Å². The number of hydrogen-bond donors (Lipinski definition) is 1. The normalized spacial score (nSPS) is 10.6. The molecule has 0 atom stereocenters. The lowest BCUT2D eigenvalue weighted by molar-refractivity contribution is 0.0695. The van der Waals surface area contributed by atoms with Crippen LogP contribution in [0.1, 0.15) is 27.3 Å². The molecule has 0 fully saturated rings. The zero-order valence-electron chi connectivity index (χ0n) is 10.7. The van der Waals surface area contributed by atoms with E-state index in [4.69, 9.17) is 5.11 Å². The molecule has 94 valence electrons. The Bertz CT molecular complexity index is 550. The lowest BCUT2D eigenvalue weighted by Gasteiger charge is -2.10. The maximum absolute atomic E-state index is 11.1. The Balaban J connectivity index is 2.18. The summed E-state index contributed by atoms with van der Waals surface area (Å²) in [6.45, 7) is 4.95. The van der Waals surface area contributed by atoms with Crippen LogP contribution in [-0.4, -0.2) is 15.6 Å². The van der Waals surface area contributed by atoms with E-state index in [1.807, 2.05) is 12.1 Å². The molecule has 0 bridgehead atoms. The van der Waals surface area contributed by atoms with Crippen LogP contribution >= 0.6 is 0 Å². The van der Waals surface area contributed by atoms with Crippen LogP contribution < -0.4 is 0 Å². The van der Waals surface area contributed by atoms with Crippen molar-refractivity contribution in [3.63, 3.8) is 0 Å². The Labute approximate surface area is 107 Å². The fraction of sp³-hybridized carbons (Fsp3) is 0.267. The molecule has 3 nitrogen and oxygen atoms in total. The second-order valence-electron chi connectivity index (χ2n) is 4.48. The number of carbonyl (C=O) groups is 1.